The Morgan fingerprint density at radius 2 is 2.18 bits per heavy atom. The summed E-state index contributed by atoms with van der Waals surface area (Å²) in [5.74, 6) is 1.34. The molecule has 0 amide bonds. The lowest BCUT2D eigenvalue weighted by molar-refractivity contribution is 0.415. The summed E-state index contributed by atoms with van der Waals surface area (Å²) in [5, 5.41) is 11.7. The van der Waals surface area contributed by atoms with Crippen molar-refractivity contribution < 1.29 is 4.74 Å². The Kier molecular flexibility index (Phi) is 3.17. The van der Waals surface area contributed by atoms with Crippen molar-refractivity contribution in [2.75, 3.05) is 12.4 Å². The lowest BCUT2D eigenvalue weighted by Crippen LogP contribution is -1.95. The summed E-state index contributed by atoms with van der Waals surface area (Å²) in [5.41, 5.74) is 1.14. The number of hydrogen-bond acceptors (Lipinski definition) is 5. The van der Waals surface area contributed by atoms with Crippen LogP contribution in [-0.2, 0) is 0 Å². The van der Waals surface area contributed by atoms with E-state index in [1.54, 1.807) is 7.11 Å². The molecule has 0 unspecified atom stereocenters. The Labute approximate surface area is 98.7 Å². The SMILES string of the molecule is COc1cccc(Nc2cnc(C#N)cn2)c1. The highest BCUT2D eigenvalue weighted by atomic mass is 16.5. The van der Waals surface area contributed by atoms with Crippen molar-refractivity contribution in [1.82, 2.24) is 9.97 Å². The van der Waals surface area contributed by atoms with Crippen LogP contribution in [-0.4, -0.2) is 17.1 Å². The zero-order valence-electron chi connectivity index (χ0n) is 9.21. The van der Waals surface area contributed by atoms with Gasteiger partial charge in [0, 0.05) is 11.8 Å². The molecule has 0 radical (unpaired) electrons. The van der Waals surface area contributed by atoms with E-state index in [0.29, 0.717) is 11.5 Å². The Balaban J connectivity index is 2.16. The molecule has 0 bridgehead atoms. The Morgan fingerprint density at radius 1 is 1.29 bits per heavy atom. The minimum Gasteiger partial charge on any atom is -0.497 e. The molecule has 0 saturated heterocycles. The molecule has 17 heavy (non-hydrogen) atoms. The summed E-state index contributed by atoms with van der Waals surface area (Å²) < 4.78 is 5.11. The molecule has 5 heteroatoms. The highest BCUT2D eigenvalue weighted by Crippen LogP contribution is 2.19. The largest absolute Gasteiger partial charge is 0.497 e. The van der Waals surface area contributed by atoms with Crippen LogP contribution < -0.4 is 10.1 Å². The maximum atomic E-state index is 8.60. The molecular formula is C12H10N4O. The molecule has 0 aliphatic carbocycles. The van der Waals surface area contributed by atoms with Crippen LogP contribution in [0.2, 0.25) is 0 Å². The number of nitrogens with one attached hydrogen (secondary N) is 1. The van der Waals surface area contributed by atoms with E-state index in [1.165, 1.54) is 12.4 Å². The smallest absolute Gasteiger partial charge is 0.158 e. The number of nitrogens with zero attached hydrogens (tertiary/aromatic N) is 3. The lowest BCUT2D eigenvalue weighted by Gasteiger charge is -2.06. The normalized spacial score (nSPS) is 9.41. The molecule has 0 fully saturated rings. The molecule has 5 nitrogen and oxygen atoms in total. The highest BCUT2D eigenvalue weighted by Gasteiger charge is 1.99. The highest BCUT2D eigenvalue weighted by molar-refractivity contribution is 5.57. The van der Waals surface area contributed by atoms with Crippen molar-refractivity contribution in [3.63, 3.8) is 0 Å². The van der Waals surface area contributed by atoms with Gasteiger partial charge in [-0.3, -0.25) is 0 Å². The summed E-state index contributed by atoms with van der Waals surface area (Å²) in [4.78, 5) is 7.98. The first-order valence-corrected chi connectivity index (χ1v) is 4.95. The molecular weight excluding hydrogens is 216 g/mol. The van der Waals surface area contributed by atoms with Crippen LogP contribution in [0.5, 0.6) is 5.75 Å². The van der Waals surface area contributed by atoms with Crippen LogP contribution in [0.4, 0.5) is 11.5 Å². The van der Waals surface area contributed by atoms with Crippen LogP contribution in [0.15, 0.2) is 36.7 Å². The van der Waals surface area contributed by atoms with Crippen molar-refractivity contribution in [3.8, 4) is 11.8 Å². The molecule has 84 valence electrons. The number of rotatable bonds is 3. The van der Waals surface area contributed by atoms with Gasteiger partial charge < -0.3 is 10.1 Å². The van der Waals surface area contributed by atoms with Crippen LogP contribution in [0.25, 0.3) is 0 Å². The van der Waals surface area contributed by atoms with E-state index in [2.05, 4.69) is 15.3 Å². The first-order valence-electron chi connectivity index (χ1n) is 4.95. The Hall–Kier alpha value is -2.61. The van der Waals surface area contributed by atoms with Crippen molar-refractivity contribution in [2.24, 2.45) is 0 Å². The van der Waals surface area contributed by atoms with E-state index in [-0.39, 0.29) is 0 Å². The van der Waals surface area contributed by atoms with E-state index >= 15 is 0 Å². The van der Waals surface area contributed by atoms with Gasteiger partial charge >= 0.3 is 0 Å². The van der Waals surface area contributed by atoms with Gasteiger partial charge in [-0.15, -0.1) is 0 Å². The second-order valence-electron chi connectivity index (χ2n) is 3.26. The van der Waals surface area contributed by atoms with E-state index < -0.39 is 0 Å². The van der Waals surface area contributed by atoms with Gasteiger partial charge in [0.1, 0.15) is 17.6 Å². The molecule has 2 aromatic rings. The second kappa shape index (κ2) is 4.94. The van der Waals surface area contributed by atoms with Crippen LogP contribution in [0.3, 0.4) is 0 Å². The summed E-state index contributed by atoms with van der Waals surface area (Å²) in [6.45, 7) is 0. The maximum absolute atomic E-state index is 8.60. The first kappa shape index (κ1) is 10.9. The van der Waals surface area contributed by atoms with E-state index in [9.17, 15) is 0 Å². The van der Waals surface area contributed by atoms with Gasteiger partial charge in [0.25, 0.3) is 0 Å². The third kappa shape index (κ3) is 2.69. The second-order valence-corrected chi connectivity index (χ2v) is 3.26. The Bertz CT molecular complexity index is 545. The zero-order valence-corrected chi connectivity index (χ0v) is 9.21. The van der Waals surface area contributed by atoms with Gasteiger partial charge in [-0.25, -0.2) is 9.97 Å². The van der Waals surface area contributed by atoms with E-state index in [0.717, 1.165) is 11.4 Å². The van der Waals surface area contributed by atoms with Crippen molar-refractivity contribution in [2.45, 2.75) is 0 Å². The number of aromatic nitrogens is 2. The van der Waals surface area contributed by atoms with Gasteiger partial charge in [0.15, 0.2) is 5.69 Å². The molecule has 0 aliphatic rings. The van der Waals surface area contributed by atoms with Gasteiger partial charge in [0.2, 0.25) is 0 Å². The first-order chi connectivity index (χ1) is 8.31. The molecule has 1 N–H and O–H groups in total. The summed E-state index contributed by atoms with van der Waals surface area (Å²) in [6, 6.07) is 9.38. The van der Waals surface area contributed by atoms with Crippen molar-refractivity contribution >= 4 is 11.5 Å². The quantitative estimate of drug-likeness (QED) is 0.867. The molecule has 1 aromatic heterocycles. The monoisotopic (exact) mass is 226 g/mol. The third-order valence-electron chi connectivity index (χ3n) is 2.11. The molecule has 0 saturated carbocycles. The van der Waals surface area contributed by atoms with Crippen molar-refractivity contribution in [1.29, 1.82) is 5.26 Å². The van der Waals surface area contributed by atoms with Crippen molar-refractivity contribution in [3.05, 3.63) is 42.4 Å². The topological polar surface area (TPSA) is 70.8 Å². The lowest BCUT2D eigenvalue weighted by atomic mass is 10.3. The molecule has 2 rings (SSSR count). The standard InChI is InChI=1S/C12H10N4O/c1-17-11-4-2-3-9(5-11)16-12-8-14-10(6-13)7-15-12/h2-5,7-8H,1H3,(H,15,16). The number of nitriles is 1. The van der Waals surface area contributed by atoms with Gasteiger partial charge in [-0.05, 0) is 12.1 Å². The zero-order chi connectivity index (χ0) is 12.1. The summed E-state index contributed by atoms with van der Waals surface area (Å²) >= 11 is 0. The van der Waals surface area contributed by atoms with Crippen LogP contribution in [0, 0.1) is 11.3 Å². The fourth-order valence-corrected chi connectivity index (χ4v) is 1.30. The van der Waals surface area contributed by atoms with E-state index in [4.69, 9.17) is 10.00 Å². The fourth-order valence-electron chi connectivity index (χ4n) is 1.30. The molecule has 0 aliphatic heterocycles. The number of anilines is 2. The molecule has 0 atom stereocenters. The molecule has 1 heterocycles. The Morgan fingerprint density at radius 3 is 2.82 bits per heavy atom. The predicted octanol–water partition coefficient (Wildman–Crippen LogP) is 2.10. The maximum Gasteiger partial charge on any atom is 0.158 e. The summed E-state index contributed by atoms with van der Waals surface area (Å²) in [6.07, 6.45) is 2.93. The third-order valence-corrected chi connectivity index (χ3v) is 2.11. The molecule has 1 aromatic carbocycles. The minimum absolute atomic E-state index is 0.293. The number of ether oxygens (including phenoxy) is 1. The number of methoxy groups -OCH3 is 1. The summed E-state index contributed by atoms with van der Waals surface area (Å²) in [7, 11) is 1.61. The average molecular weight is 226 g/mol. The fraction of sp³-hybridized carbons (Fsp3) is 0.0833. The molecule has 0 spiro atoms. The van der Waals surface area contributed by atoms with Gasteiger partial charge in [-0.2, -0.15) is 5.26 Å². The van der Waals surface area contributed by atoms with Gasteiger partial charge in [-0.1, -0.05) is 6.07 Å². The van der Waals surface area contributed by atoms with Gasteiger partial charge in [0.05, 0.1) is 19.5 Å². The number of benzene rings is 1. The predicted molar refractivity (Wildman–Crippen MR) is 63.0 cm³/mol. The average Bonchev–Trinajstić information content (AvgIpc) is 2.40. The van der Waals surface area contributed by atoms with Crippen LogP contribution >= 0.6 is 0 Å². The number of hydrogen-bond donors (Lipinski definition) is 1. The minimum atomic E-state index is 0.293. The van der Waals surface area contributed by atoms with Crippen LogP contribution in [0.1, 0.15) is 5.69 Å². The van der Waals surface area contributed by atoms with E-state index in [1.807, 2.05) is 30.3 Å².